The van der Waals surface area contributed by atoms with Crippen LogP contribution in [0.15, 0.2) is 60.0 Å². The molecule has 3 atom stereocenters. The molecule has 4 rings (SSSR count). The van der Waals surface area contributed by atoms with E-state index in [1.165, 1.54) is 37.9 Å². The van der Waals surface area contributed by atoms with E-state index in [0.717, 1.165) is 28.5 Å². The van der Waals surface area contributed by atoms with Crippen molar-refractivity contribution in [1.82, 2.24) is 25.1 Å². The van der Waals surface area contributed by atoms with Crippen LogP contribution in [0.1, 0.15) is 51.1 Å². The fourth-order valence-corrected chi connectivity index (χ4v) is 5.36. The van der Waals surface area contributed by atoms with Gasteiger partial charge in [-0.15, -0.1) is 10.2 Å². The van der Waals surface area contributed by atoms with Crippen molar-refractivity contribution in [3.8, 4) is 11.4 Å². The highest BCUT2D eigenvalue weighted by atomic mass is 32.2. The van der Waals surface area contributed by atoms with Crippen LogP contribution < -0.4 is 5.32 Å². The van der Waals surface area contributed by atoms with E-state index in [1.807, 2.05) is 42.5 Å². The predicted octanol–water partition coefficient (Wildman–Crippen LogP) is 4.50. The topological polar surface area (TPSA) is 89.8 Å². The first-order valence-electron chi connectivity index (χ1n) is 11.8. The van der Waals surface area contributed by atoms with Crippen LogP contribution in [0.2, 0.25) is 0 Å². The van der Waals surface area contributed by atoms with Gasteiger partial charge in [0.1, 0.15) is 0 Å². The van der Waals surface area contributed by atoms with Gasteiger partial charge in [0.05, 0.1) is 11.8 Å². The molecule has 1 amide bonds. The normalized spacial score (nSPS) is 18.9. The van der Waals surface area contributed by atoms with Crippen molar-refractivity contribution in [3.05, 3.63) is 60.4 Å². The Bertz CT molecular complexity index is 1100. The molecule has 2 heterocycles. The zero-order chi connectivity index (χ0) is 23.9. The number of carbonyl (C=O) groups excluding carboxylic acids is 2. The molecule has 1 aliphatic rings. The van der Waals surface area contributed by atoms with Crippen molar-refractivity contribution in [2.75, 3.05) is 5.75 Å². The van der Waals surface area contributed by atoms with E-state index >= 15 is 0 Å². The Kier molecular flexibility index (Phi) is 8.11. The minimum Gasteiger partial charge on any atom is -0.345 e. The predicted molar refractivity (Wildman–Crippen MR) is 133 cm³/mol. The molecule has 0 bridgehead atoms. The number of nitrogens with one attached hydrogen (secondary N) is 1. The van der Waals surface area contributed by atoms with Crippen molar-refractivity contribution in [1.29, 1.82) is 0 Å². The van der Waals surface area contributed by atoms with Gasteiger partial charge >= 0.3 is 0 Å². The highest BCUT2D eigenvalue weighted by Crippen LogP contribution is 2.38. The standard InChI is InChI=1S/C26H31N5O2S/c1-18-9-6-7-13-23(18)31-25(21-12-8-14-27-16-21)29-30-26(31)34-17-24(33)28-22(19(2)32)15-20-10-4-3-5-11-20/h3-5,8,10-12,14,16,18,22-23H,6-7,9,13,15,17H2,1-2H3,(H,28,33)/t18-,22-,23-/m0/s1. The van der Waals surface area contributed by atoms with Crippen LogP contribution in [0.3, 0.4) is 0 Å². The van der Waals surface area contributed by atoms with Crippen molar-refractivity contribution < 1.29 is 9.59 Å². The molecule has 0 unspecified atom stereocenters. The molecule has 1 saturated carbocycles. The largest absolute Gasteiger partial charge is 0.345 e. The van der Waals surface area contributed by atoms with E-state index in [2.05, 4.69) is 32.0 Å². The van der Waals surface area contributed by atoms with Gasteiger partial charge < -0.3 is 5.32 Å². The molecule has 2 aromatic heterocycles. The van der Waals surface area contributed by atoms with E-state index in [0.29, 0.717) is 12.3 Å². The number of thioether (sulfide) groups is 1. The van der Waals surface area contributed by atoms with Crippen LogP contribution in [-0.2, 0) is 16.0 Å². The zero-order valence-corrected chi connectivity index (χ0v) is 20.5. The number of carbonyl (C=O) groups is 2. The van der Waals surface area contributed by atoms with Crippen molar-refractivity contribution in [3.63, 3.8) is 0 Å². The van der Waals surface area contributed by atoms with E-state index in [-0.39, 0.29) is 23.5 Å². The van der Waals surface area contributed by atoms with Gasteiger partial charge in [-0.05, 0) is 49.8 Å². The van der Waals surface area contributed by atoms with Gasteiger partial charge in [-0.3, -0.25) is 19.1 Å². The van der Waals surface area contributed by atoms with Gasteiger partial charge in [0.15, 0.2) is 16.8 Å². The Morgan fingerprint density at radius 3 is 2.62 bits per heavy atom. The zero-order valence-electron chi connectivity index (χ0n) is 19.7. The Morgan fingerprint density at radius 2 is 1.91 bits per heavy atom. The lowest BCUT2D eigenvalue weighted by Crippen LogP contribution is -2.42. The molecule has 0 radical (unpaired) electrons. The average Bonchev–Trinajstić information content (AvgIpc) is 3.27. The van der Waals surface area contributed by atoms with E-state index in [1.54, 1.807) is 12.4 Å². The number of ketones is 1. The van der Waals surface area contributed by atoms with Gasteiger partial charge in [0.25, 0.3) is 0 Å². The minimum atomic E-state index is -0.544. The molecular weight excluding hydrogens is 446 g/mol. The lowest BCUT2D eigenvalue weighted by Gasteiger charge is -2.31. The Labute approximate surface area is 204 Å². The summed E-state index contributed by atoms with van der Waals surface area (Å²) in [6, 6.07) is 13.4. The highest BCUT2D eigenvalue weighted by Gasteiger charge is 2.29. The van der Waals surface area contributed by atoms with E-state index in [4.69, 9.17) is 0 Å². The molecule has 1 fully saturated rings. The molecule has 0 saturated heterocycles. The van der Waals surface area contributed by atoms with Crippen molar-refractivity contribution in [2.24, 2.45) is 5.92 Å². The number of hydrogen-bond acceptors (Lipinski definition) is 6. The molecule has 34 heavy (non-hydrogen) atoms. The van der Waals surface area contributed by atoms with Crippen LogP contribution in [0, 0.1) is 5.92 Å². The third-order valence-electron chi connectivity index (χ3n) is 6.42. The van der Waals surface area contributed by atoms with Crippen LogP contribution >= 0.6 is 11.8 Å². The summed E-state index contributed by atoms with van der Waals surface area (Å²) in [5, 5.41) is 12.6. The summed E-state index contributed by atoms with van der Waals surface area (Å²) in [6.45, 7) is 3.79. The third kappa shape index (κ3) is 5.91. The molecule has 3 aromatic rings. The third-order valence-corrected chi connectivity index (χ3v) is 7.37. The molecule has 1 aliphatic carbocycles. The smallest absolute Gasteiger partial charge is 0.231 e. The van der Waals surface area contributed by atoms with Crippen molar-refractivity contribution in [2.45, 2.75) is 63.2 Å². The number of Topliss-reactive ketones (excluding diaryl/α,β-unsaturated/α-hetero) is 1. The van der Waals surface area contributed by atoms with Gasteiger partial charge in [-0.25, -0.2) is 0 Å². The minimum absolute atomic E-state index is 0.0553. The second kappa shape index (κ2) is 11.4. The SMILES string of the molecule is CC(=O)[C@H](Cc1ccccc1)NC(=O)CSc1nnc(-c2cccnc2)n1[C@H]1CCCC[C@@H]1C. The molecule has 7 nitrogen and oxygen atoms in total. The van der Waals surface area contributed by atoms with Crippen molar-refractivity contribution >= 4 is 23.5 Å². The van der Waals surface area contributed by atoms with Crippen LogP contribution in [0.4, 0.5) is 0 Å². The number of benzene rings is 1. The van der Waals surface area contributed by atoms with Crippen LogP contribution in [0.25, 0.3) is 11.4 Å². The number of hydrogen-bond donors (Lipinski definition) is 1. The Hall–Kier alpha value is -3.00. The van der Waals surface area contributed by atoms with Crippen LogP contribution in [-0.4, -0.2) is 43.2 Å². The molecular formula is C26H31N5O2S. The molecule has 178 valence electrons. The van der Waals surface area contributed by atoms with E-state index < -0.39 is 6.04 Å². The number of aromatic nitrogens is 4. The summed E-state index contributed by atoms with van der Waals surface area (Å²) >= 11 is 1.37. The molecule has 1 N–H and O–H groups in total. The molecule has 8 heteroatoms. The first-order valence-corrected chi connectivity index (χ1v) is 12.8. The van der Waals surface area contributed by atoms with Gasteiger partial charge in [0, 0.05) is 24.0 Å². The van der Waals surface area contributed by atoms with Gasteiger partial charge in [-0.2, -0.15) is 0 Å². The summed E-state index contributed by atoms with van der Waals surface area (Å²) in [4.78, 5) is 29.2. The Balaban J connectivity index is 1.49. The summed E-state index contributed by atoms with van der Waals surface area (Å²) in [6.07, 6.45) is 8.66. The quantitative estimate of drug-likeness (QED) is 0.457. The highest BCUT2D eigenvalue weighted by molar-refractivity contribution is 7.99. The maximum Gasteiger partial charge on any atom is 0.231 e. The maximum atomic E-state index is 12.8. The summed E-state index contributed by atoms with van der Waals surface area (Å²) < 4.78 is 2.20. The fourth-order valence-electron chi connectivity index (χ4n) is 4.56. The Morgan fingerprint density at radius 1 is 1.12 bits per heavy atom. The summed E-state index contributed by atoms with van der Waals surface area (Å²) in [5.41, 5.74) is 1.94. The number of amides is 1. The number of rotatable bonds is 9. The average molecular weight is 478 g/mol. The monoisotopic (exact) mass is 477 g/mol. The van der Waals surface area contributed by atoms with Gasteiger partial charge in [0.2, 0.25) is 5.91 Å². The number of pyridine rings is 1. The molecule has 0 spiro atoms. The van der Waals surface area contributed by atoms with Gasteiger partial charge in [-0.1, -0.05) is 61.9 Å². The summed E-state index contributed by atoms with van der Waals surface area (Å²) in [5.74, 6) is 1.22. The van der Waals surface area contributed by atoms with Crippen LogP contribution in [0.5, 0.6) is 0 Å². The fraction of sp³-hybridized carbons (Fsp3) is 0.423. The number of nitrogens with zero attached hydrogens (tertiary/aromatic N) is 4. The summed E-state index contributed by atoms with van der Waals surface area (Å²) in [7, 11) is 0. The molecule has 1 aromatic carbocycles. The molecule has 0 aliphatic heterocycles. The second-order valence-corrected chi connectivity index (χ2v) is 9.90. The second-order valence-electron chi connectivity index (χ2n) is 8.96. The lowest BCUT2D eigenvalue weighted by atomic mass is 9.85. The first kappa shape index (κ1) is 24.1. The maximum absolute atomic E-state index is 12.8. The lowest BCUT2D eigenvalue weighted by molar-refractivity contribution is -0.125. The van der Waals surface area contributed by atoms with E-state index in [9.17, 15) is 9.59 Å². The first-order chi connectivity index (χ1) is 16.5.